The lowest BCUT2D eigenvalue weighted by atomic mass is 10.2. The van der Waals surface area contributed by atoms with Gasteiger partial charge in [-0.3, -0.25) is 0 Å². The highest BCUT2D eigenvalue weighted by atomic mass is 32.2. The summed E-state index contributed by atoms with van der Waals surface area (Å²) in [5, 5.41) is 8.49. The van der Waals surface area contributed by atoms with Crippen LogP contribution in [0.25, 0.3) is 0 Å². The SMILES string of the molecule is COc1ccc(S(=O)(=O)N(C)CCC#N)c(C)c1. The molecule has 1 aromatic carbocycles. The molecule has 0 aromatic heterocycles. The molecule has 0 radical (unpaired) electrons. The topological polar surface area (TPSA) is 70.4 Å². The van der Waals surface area contributed by atoms with Crippen molar-refractivity contribution in [3.05, 3.63) is 23.8 Å². The van der Waals surface area contributed by atoms with Crippen LogP contribution in [-0.4, -0.2) is 33.4 Å². The Hall–Kier alpha value is -1.58. The van der Waals surface area contributed by atoms with E-state index in [0.717, 1.165) is 0 Å². The van der Waals surface area contributed by atoms with E-state index < -0.39 is 10.0 Å². The molecule has 0 aliphatic rings. The maximum Gasteiger partial charge on any atom is 0.243 e. The third kappa shape index (κ3) is 3.00. The molecule has 1 aromatic rings. The number of methoxy groups -OCH3 is 1. The van der Waals surface area contributed by atoms with E-state index in [1.807, 2.05) is 6.07 Å². The first-order valence-electron chi connectivity index (χ1n) is 5.41. The minimum absolute atomic E-state index is 0.172. The van der Waals surface area contributed by atoms with Crippen molar-refractivity contribution >= 4 is 10.0 Å². The summed E-state index contributed by atoms with van der Waals surface area (Å²) in [6.45, 7) is 1.90. The van der Waals surface area contributed by atoms with Gasteiger partial charge in [0, 0.05) is 20.0 Å². The van der Waals surface area contributed by atoms with Crippen molar-refractivity contribution in [2.24, 2.45) is 0 Å². The van der Waals surface area contributed by atoms with E-state index in [0.29, 0.717) is 11.3 Å². The van der Waals surface area contributed by atoms with Gasteiger partial charge in [-0.1, -0.05) is 0 Å². The van der Waals surface area contributed by atoms with Gasteiger partial charge in [0.05, 0.1) is 18.1 Å². The Morgan fingerprint density at radius 3 is 2.61 bits per heavy atom. The molecule has 0 aliphatic carbocycles. The molecule has 0 atom stereocenters. The van der Waals surface area contributed by atoms with Crippen molar-refractivity contribution in [2.45, 2.75) is 18.2 Å². The molecule has 6 heteroatoms. The first-order valence-corrected chi connectivity index (χ1v) is 6.85. The fourth-order valence-electron chi connectivity index (χ4n) is 1.53. The van der Waals surface area contributed by atoms with E-state index in [2.05, 4.69) is 0 Å². The van der Waals surface area contributed by atoms with E-state index in [1.54, 1.807) is 19.1 Å². The Kier molecular flexibility index (Phi) is 4.70. The minimum atomic E-state index is -3.54. The van der Waals surface area contributed by atoms with Crippen LogP contribution in [0.15, 0.2) is 23.1 Å². The van der Waals surface area contributed by atoms with Gasteiger partial charge in [-0.2, -0.15) is 9.57 Å². The molecule has 0 bridgehead atoms. The van der Waals surface area contributed by atoms with Gasteiger partial charge in [0.15, 0.2) is 0 Å². The van der Waals surface area contributed by atoms with Crippen molar-refractivity contribution in [2.75, 3.05) is 20.7 Å². The summed E-state index contributed by atoms with van der Waals surface area (Å²) in [6.07, 6.45) is 0.172. The Labute approximate surface area is 108 Å². The summed E-state index contributed by atoms with van der Waals surface area (Å²) in [4.78, 5) is 0.240. The fraction of sp³-hybridized carbons (Fsp3) is 0.417. The summed E-state index contributed by atoms with van der Waals surface area (Å²) in [6, 6.07) is 6.73. The highest BCUT2D eigenvalue weighted by molar-refractivity contribution is 7.89. The zero-order chi connectivity index (χ0) is 13.8. The Morgan fingerprint density at radius 1 is 1.44 bits per heavy atom. The van der Waals surface area contributed by atoms with Crippen LogP contribution >= 0.6 is 0 Å². The molecule has 0 N–H and O–H groups in total. The van der Waals surface area contributed by atoms with Gasteiger partial charge in [0.1, 0.15) is 5.75 Å². The van der Waals surface area contributed by atoms with E-state index in [1.165, 1.54) is 24.5 Å². The van der Waals surface area contributed by atoms with E-state index >= 15 is 0 Å². The number of nitriles is 1. The second-order valence-electron chi connectivity index (χ2n) is 3.87. The Morgan fingerprint density at radius 2 is 2.11 bits per heavy atom. The van der Waals surface area contributed by atoms with Gasteiger partial charge in [0.25, 0.3) is 0 Å². The lowest BCUT2D eigenvalue weighted by molar-refractivity contribution is 0.414. The second-order valence-corrected chi connectivity index (χ2v) is 5.88. The maximum atomic E-state index is 12.2. The first kappa shape index (κ1) is 14.5. The molecule has 5 nitrogen and oxygen atoms in total. The quantitative estimate of drug-likeness (QED) is 0.812. The number of rotatable bonds is 5. The minimum Gasteiger partial charge on any atom is -0.497 e. The molecule has 0 heterocycles. The van der Waals surface area contributed by atoms with Crippen molar-refractivity contribution in [1.82, 2.24) is 4.31 Å². The van der Waals surface area contributed by atoms with Gasteiger partial charge in [-0.05, 0) is 30.7 Å². The van der Waals surface area contributed by atoms with Crippen molar-refractivity contribution in [3.8, 4) is 11.8 Å². The highest BCUT2D eigenvalue weighted by Gasteiger charge is 2.22. The lowest BCUT2D eigenvalue weighted by Gasteiger charge is -2.17. The van der Waals surface area contributed by atoms with Crippen molar-refractivity contribution in [3.63, 3.8) is 0 Å². The van der Waals surface area contributed by atoms with Gasteiger partial charge in [0.2, 0.25) is 10.0 Å². The van der Waals surface area contributed by atoms with Crippen LogP contribution in [-0.2, 0) is 10.0 Å². The van der Waals surface area contributed by atoms with Crippen LogP contribution in [0, 0.1) is 18.3 Å². The number of hydrogen-bond donors (Lipinski definition) is 0. The largest absolute Gasteiger partial charge is 0.497 e. The van der Waals surface area contributed by atoms with Gasteiger partial charge in [-0.25, -0.2) is 8.42 Å². The number of sulfonamides is 1. The average Bonchev–Trinajstić information content (AvgIpc) is 2.35. The fourth-order valence-corrected chi connectivity index (χ4v) is 2.91. The third-order valence-electron chi connectivity index (χ3n) is 2.61. The van der Waals surface area contributed by atoms with Gasteiger partial charge < -0.3 is 4.74 Å². The molecule has 0 saturated carbocycles. The molecule has 0 spiro atoms. The standard InChI is InChI=1S/C12H16N2O3S/c1-10-9-11(17-3)5-6-12(10)18(15,16)14(2)8-4-7-13/h5-6,9H,4,8H2,1-3H3. The lowest BCUT2D eigenvalue weighted by Crippen LogP contribution is -2.28. The number of hydrogen-bond acceptors (Lipinski definition) is 4. The molecule has 0 amide bonds. The van der Waals surface area contributed by atoms with E-state index in [-0.39, 0.29) is 17.9 Å². The number of aryl methyl sites for hydroxylation is 1. The van der Waals surface area contributed by atoms with Crippen LogP contribution < -0.4 is 4.74 Å². The van der Waals surface area contributed by atoms with Crippen LogP contribution in [0.2, 0.25) is 0 Å². The average molecular weight is 268 g/mol. The molecule has 18 heavy (non-hydrogen) atoms. The summed E-state index contributed by atoms with van der Waals surface area (Å²) >= 11 is 0. The van der Waals surface area contributed by atoms with Crippen LogP contribution in [0.3, 0.4) is 0 Å². The number of nitrogens with zero attached hydrogens (tertiary/aromatic N) is 2. The van der Waals surface area contributed by atoms with Crippen molar-refractivity contribution in [1.29, 1.82) is 5.26 Å². The summed E-state index contributed by atoms with van der Waals surface area (Å²) < 4.78 is 30.7. The third-order valence-corrected chi connectivity index (χ3v) is 4.63. The van der Waals surface area contributed by atoms with E-state index in [9.17, 15) is 8.42 Å². The van der Waals surface area contributed by atoms with Crippen molar-refractivity contribution < 1.29 is 13.2 Å². The van der Waals surface area contributed by atoms with E-state index in [4.69, 9.17) is 10.00 Å². The Bertz CT molecular complexity index is 561. The monoisotopic (exact) mass is 268 g/mol. The molecule has 98 valence electrons. The van der Waals surface area contributed by atoms with Gasteiger partial charge >= 0.3 is 0 Å². The van der Waals surface area contributed by atoms with Gasteiger partial charge in [-0.15, -0.1) is 0 Å². The molecule has 0 saturated heterocycles. The zero-order valence-electron chi connectivity index (χ0n) is 10.7. The van der Waals surface area contributed by atoms with Crippen LogP contribution in [0.1, 0.15) is 12.0 Å². The number of ether oxygens (including phenoxy) is 1. The van der Waals surface area contributed by atoms with Crippen LogP contribution in [0.4, 0.5) is 0 Å². The second kappa shape index (κ2) is 5.85. The zero-order valence-corrected chi connectivity index (χ0v) is 11.5. The molecule has 0 fully saturated rings. The molecular weight excluding hydrogens is 252 g/mol. The number of benzene rings is 1. The Balaban J connectivity index is 3.09. The molecular formula is C12H16N2O3S. The van der Waals surface area contributed by atoms with Crippen LogP contribution in [0.5, 0.6) is 5.75 Å². The summed E-state index contributed by atoms with van der Waals surface area (Å²) in [5.41, 5.74) is 0.623. The predicted molar refractivity (Wildman–Crippen MR) is 67.8 cm³/mol. The summed E-state index contributed by atoms with van der Waals surface area (Å²) in [7, 11) is -0.542. The predicted octanol–water partition coefficient (Wildman–Crippen LogP) is 1.54. The first-order chi connectivity index (χ1) is 8.43. The summed E-state index contributed by atoms with van der Waals surface area (Å²) in [5.74, 6) is 0.617. The maximum absolute atomic E-state index is 12.2. The molecule has 0 unspecified atom stereocenters. The smallest absolute Gasteiger partial charge is 0.243 e. The normalized spacial score (nSPS) is 11.3. The molecule has 1 rings (SSSR count). The highest BCUT2D eigenvalue weighted by Crippen LogP contribution is 2.23. The molecule has 0 aliphatic heterocycles.